The Balaban J connectivity index is 1.40. The summed E-state index contributed by atoms with van der Waals surface area (Å²) >= 11 is 0. The van der Waals surface area contributed by atoms with Crippen LogP contribution in [0.2, 0.25) is 0 Å². The standard InChI is InChI=1S/C22H26N4O/c1-25-15-13-20-11-12-21(16-25)26(20)22(27)24-19-9-6-17(7-10-19)5-8-18-4-2-3-14-23-18/h2-10,14,20-21H,11-13,15-16H2,1H3,(H,24,27)/t20-,21+/m1/s1. The highest BCUT2D eigenvalue weighted by molar-refractivity contribution is 5.90. The minimum atomic E-state index is 0.0366. The fraction of sp³-hybridized carbons (Fsp3) is 0.364. The van der Waals surface area contributed by atoms with E-state index in [9.17, 15) is 4.79 Å². The lowest BCUT2D eigenvalue weighted by atomic mass is 10.1. The number of fused-ring (bicyclic) bond motifs is 2. The Labute approximate surface area is 160 Å². The highest BCUT2D eigenvalue weighted by Gasteiger charge is 2.39. The highest BCUT2D eigenvalue weighted by atomic mass is 16.2. The minimum absolute atomic E-state index is 0.0366. The second-order valence-electron chi connectivity index (χ2n) is 7.48. The molecule has 4 rings (SSSR count). The van der Waals surface area contributed by atoms with Crippen LogP contribution in [-0.2, 0) is 0 Å². The number of pyridine rings is 1. The van der Waals surface area contributed by atoms with E-state index in [1.165, 1.54) is 0 Å². The van der Waals surface area contributed by atoms with E-state index in [1.807, 2.05) is 54.6 Å². The number of amides is 2. The molecule has 1 aromatic heterocycles. The number of likely N-dealkylation sites (tertiary alicyclic amines) is 1. The molecule has 2 amide bonds. The molecule has 1 aromatic carbocycles. The molecule has 0 spiro atoms. The molecule has 2 aromatic rings. The van der Waals surface area contributed by atoms with Gasteiger partial charge in [0.05, 0.1) is 5.69 Å². The number of anilines is 1. The van der Waals surface area contributed by atoms with Crippen LogP contribution in [0.4, 0.5) is 10.5 Å². The lowest BCUT2D eigenvalue weighted by Gasteiger charge is -2.28. The van der Waals surface area contributed by atoms with Gasteiger partial charge in [0.1, 0.15) is 0 Å². The van der Waals surface area contributed by atoms with Crippen LogP contribution in [0, 0.1) is 0 Å². The maximum Gasteiger partial charge on any atom is 0.322 e. The van der Waals surface area contributed by atoms with Crippen LogP contribution in [-0.4, -0.2) is 53.0 Å². The van der Waals surface area contributed by atoms with Crippen molar-refractivity contribution in [3.05, 3.63) is 59.9 Å². The number of nitrogens with one attached hydrogen (secondary N) is 1. The quantitative estimate of drug-likeness (QED) is 0.899. The molecule has 2 atom stereocenters. The van der Waals surface area contributed by atoms with Gasteiger partial charge in [0.2, 0.25) is 0 Å². The summed E-state index contributed by atoms with van der Waals surface area (Å²) in [5.41, 5.74) is 2.85. The summed E-state index contributed by atoms with van der Waals surface area (Å²) in [7, 11) is 2.15. The molecule has 2 fully saturated rings. The van der Waals surface area contributed by atoms with Crippen molar-refractivity contribution < 1.29 is 4.79 Å². The zero-order valence-electron chi connectivity index (χ0n) is 15.7. The van der Waals surface area contributed by atoms with Crippen molar-refractivity contribution >= 4 is 23.9 Å². The molecule has 1 N–H and O–H groups in total. The van der Waals surface area contributed by atoms with Crippen molar-refractivity contribution in [2.45, 2.75) is 31.3 Å². The van der Waals surface area contributed by atoms with Gasteiger partial charge in [-0.05, 0) is 68.8 Å². The van der Waals surface area contributed by atoms with Crippen molar-refractivity contribution in [2.75, 3.05) is 25.5 Å². The maximum absolute atomic E-state index is 12.9. The Morgan fingerprint density at radius 1 is 1.07 bits per heavy atom. The molecule has 2 aliphatic rings. The molecule has 0 saturated carbocycles. The second kappa shape index (κ2) is 7.92. The summed E-state index contributed by atoms with van der Waals surface area (Å²) in [5, 5.41) is 3.09. The zero-order valence-corrected chi connectivity index (χ0v) is 15.7. The van der Waals surface area contributed by atoms with Gasteiger partial charge < -0.3 is 15.1 Å². The lowest BCUT2D eigenvalue weighted by molar-refractivity contribution is 0.186. The number of aromatic nitrogens is 1. The Kier molecular flexibility index (Phi) is 5.21. The van der Waals surface area contributed by atoms with Crippen LogP contribution in [0.3, 0.4) is 0 Å². The largest absolute Gasteiger partial charge is 0.322 e. The third kappa shape index (κ3) is 4.19. The topological polar surface area (TPSA) is 48.5 Å². The highest BCUT2D eigenvalue weighted by Crippen LogP contribution is 2.30. The number of rotatable bonds is 3. The Hall–Kier alpha value is -2.66. The van der Waals surface area contributed by atoms with E-state index >= 15 is 0 Å². The lowest BCUT2D eigenvalue weighted by Crippen LogP contribution is -2.45. The minimum Gasteiger partial charge on any atom is -0.317 e. The first-order chi connectivity index (χ1) is 13.2. The van der Waals surface area contributed by atoms with Crippen LogP contribution < -0.4 is 5.32 Å². The van der Waals surface area contributed by atoms with Gasteiger partial charge in [-0.1, -0.05) is 24.3 Å². The molecule has 5 heteroatoms. The van der Waals surface area contributed by atoms with Crippen molar-refractivity contribution in [2.24, 2.45) is 0 Å². The summed E-state index contributed by atoms with van der Waals surface area (Å²) in [4.78, 5) is 21.6. The van der Waals surface area contributed by atoms with Crippen molar-refractivity contribution in [1.82, 2.24) is 14.8 Å². The summed E-state index contributed by atoms with van der Waals surface area (Å²) in [5.74, 6) is 0. The number of carbonyl (C=O) groups excluding carboxylic acids is 1. The molecule has 2 saturated heterocycles. The predicted octanol–water partition coefficient (Wildman–Crippen LogP) is 3.95. The number of urea groups is 1. The first-order valence-electron chi connectivity index (χ1n) is 9.66. The Morgan fingerprint density at radius 2 is 1.89 bits per heavy atom. The molecular weight excluding hydrogens is 336 g/mol. The molecule has 2 aliphatic heterocycles. The number of hydrogen-bond acceptors (Lipinski definition) is 3. The molecule has 2 bridgehead atoms. The van der Waals surface area contributed by atoms with E-state index in [-0.39, 0.29) is 6.03 Å². The summed E-state index contributed by atoms with van der Waals surface area (Å²) in [6.45, 7) is 2.05. The third-order valence-electron chi connectivity index (χ3n) is 5.52. The number of carbonyl (C=O) groups is 1. The van der Waals surface area contributed by atoms with Crippen molar-refractivity contribution in [1.29, 1.82) is 0 Å². The summed E-state index contributed by atoms with van der Waals surface area (Å²) < 4.78 is 0. The molecule has 0 radical (unpaired) electrons. The maximum atomic E-state index is 12.9. The first-order valence-corrected chi connectivity index (χ1v) is 9.66. The Morgan fingerprint density at radius 3 is 2.67 bits per heavy atom. The fourth-order valence-corrected chi connectivity index (χ4v) is 4.10. The van der Waals surface area contributed by atoms with Gasteiger partial charge in [-0.15, -0.1) is 0 Å². The van der Waals surface area contributed by atoms with Crippen LogP contribution in [0.15, 0.2) is 48.7 Å². The van der Waals surface area contributed by atoms with Gasteiger partial charge in [-0.3, -0.25) is 4.98 Å². The second-order valence-corrected chi connectivity index (χ2v) is 7.48. The van der Waals surface area contributed by atoms with E-state index in [2.05, 4.69) is 27.1 Å². The average molecular weight is 362 g/mol. The van der Waals surface area contributed by atoms with Crippen molar-refractivity contribution in [3.8, 4) is 0 Å². The van der Waals surface area contributed by atoms with E-state index in [0.717, 1.165) is 49.3 Å². The number of benzene rings is 1. The normalized spacial score (nSPS) is 22.8. The molecule has 3 heterocycles. The van der Waals surface area contributed by atoms with Gasteiger partial charge >= 0.3 is 6.03 Å². The van der Waals surface area contributed by atoms with Gasteiger partial charge in [-0.25, -0.2) is 4.79 Å². The summed E-state index contributed by atoms with van der Waals surface area (Å²) in [6.07, 6.45) is 9.10. The zero-order chi connectivity index (χ0) is 18.6. The molecule has 0 aliphatic carbocycles. The van der Waals surface area contributed by atoms with Gasteiger partial charge in [0, 0.05) is 30.5 Å². The monoisotopic (exact) mass is 362 g/mol. The SMILES string of the molecule is CN1CC[C@H]2CC[C@@H](C1)N2C(=O)Nc1ccc(C=Cc2ccccn2)cc1. The van der Waals surface area contributed by atoms with Crippen LogP contribution in [0.5, 0.6) is 0 Å². The average Bonchev–Trinajstić information content (AvgIpc) is 3.00. The number of hydrogen-bond donors (Lipinski definition) is 1. The fourth-order valence-electron chi connectivity index (χ4n) is 4.10. The molecule has 0 unspecified atom stereocenters. The summed E-state index contributed by atoms with van der Waals surface area (Å²) in [6, 6.07) is 14.5. The number of nitrogens with zero attached hydrogens (tertiary/aromatic N) is 3. The van der Waals surface area contributed by atoms with E-state index in [0.29, 0.717) is 12.1 Å². The first kappa shape index (κ1) is 17.7. The molecule has 27 heavy (non-hydrogen) atoms. The number of likely N-dealkylation sites (N-methyl/N-ethyl adjacent to an activating group) is 1. The third-order valence-corrected chi connectivity index (χ3v) is 5.52. The van der Waals surface area contributed by atoms with Crippen LogP contribution >= 0.6 is 0 Å². The van der Waals surface area contributed by atoms with E-state index < -0.39 is 0 Å². The van der Waals surface area contributed by atoms with Crippen LogP contribution in [0.1, 0.15) is 30.5 Å². The molecular formula is C22H26N4O. The van der Waals surface area contributed by atoms with E-state index in [4.69, 9.17) is 0 Å². The van der Waals surface area contributed by atoms with Crippen molar-refractivity contribution in [3.63, 3.8) is 0 Å². The molecule has 5 nitrogen and oxygen atoms in total. The van der Waals surface area contributed by atoms with Gasteiger partial charge in [-0.2, -0.15) is 0 Å². The van der Waals surface area contributed by atoms with Crippen LogP contribution in [0.25, 0.3) is 12.2 Å². The van der Waals surface area contributed by atoms with E-state index in [1.54, 1.807) is 6.20 Å². The smallest absolute Gasteiger partial charge is 0.317 e. The van der Waals surface area contributed by atoms with Gasteiger partial charge in [0.25, 0.3) is 0 Å². The Bertz CT molecular complexity index is 803. The van der Waals surface area contributed by atoms with Gasteiger partial charge in [0.15, 0.2) is 0 Å². The molecule has 140 valence electrons. The predicted molar refractivity (Wildman–Crippen MR) is 109 cm³/mol.